The molecule has 0 bridgehead atoms. The van der Waals surface area contributed by atoms with E-state index in [2.05, 4.69) is 138 Å². The lowest BCUT2D eigenvalue weighted by Gasteiger charge is -2.18. The molecule has 0 fully saturated rings. The van der Waals surface area contributed by atoms with Gasteiger partial charge in [-0.05, 0) is 78.7 Å². The number of hydrogen-bond donors (Lipinski definition) is 0. The van der Waals surface area contributed by atoms with Crippen LogP contribution in [0.25, 0.3) is 88.0 Å². The van der Waals surface area contributed by atoms with Gasteiger partial charge in [0.2, 0.25) is 0 Å². The van der Waals surface area contributed by atoms with Gasteiger partial charge in [0, 0.05) is 28.7 Å². The molecule has 2 aromatic heterocycles. The minimum Gasteiger partial charge on any atom is -0.455 e. The summed E-state index contributed by atoms with van der Waals surface area (Å²) in [6.07, 6.45) is 3.73. The summed E-state index contributed by atoms with van der Waals surface area (Å²) in [5.74, 6) is 0. The summed E-state index contributed by atoms with van der Waals surface area (Å²) in [6, 6.07) is 54.2. The summed E-state index contributed by atoms with van der Waals surface area (Å²) in [4.78, 5) is 4.31. The second kappa shape index (κ2) is 10.3. The van der Waals surface area contributed by atoms with Gasteiger partial charge < -0.3 is 4.42 Å². The molecule has 0 aliphatic carbocycles. The first-order valence-electron chi connectivity index (χ1n) is 15.3. The second-order valence-corrected chi connectivity index (χ2v) is 11.5. The summed E-state index contributed by atoms with van der Waals surface area (Å²) in [5.41, 5.74) is 11.2. The number of para-hydroxylation sites is 2. The average molecular weight is 574 g/mol. The van der Waals surface area contributed by atoms with Crippen molar-refractivity contribution in [2.24, 2.45) is 0 Å². The highest BCUT2D eigenvalue weighted by molar-refractivity contribution is 6.21. The van der Waals surface area contributed by atoms with Gasteiger partial charge >= 0.3 is 0 Å². The summed E-state index contributed by atoms with van der Waals surface area (Å²) >= 11 is 0. The van der Waals surface area contributed by atoms with Crippen molar-refractivity contribution in [1.82, 2.24) is 4.98 Å². The van der Waals surface area contributed by atoms with E-state index in [9.17, 15) is 0 Å². The van der Waals surface area contributed by atoms with Crippen LogP contribution in [0.5, 0.6) is 0 Å². The number of fused-ring (bicyclic) bond motifs is 5. The average Bonchev–Trinajstić information content (AvgIpc) is 3.50. The quantitative estimate of drug-likeness (QED) is 0.196. The zero-order chi connectivity index (χ0) is 29.7. The monoisotopic (exact) mass is 573 g/mol. The van der Waals surface area contributed by atoms with Crippen LogP contribution in [0.3, 0.4) is 0 Å². The van der Waals surface area contributed by atoms with Crippen LogP contribution >= 0.6 is 0 Å². The fraction of sp³-hybridized carbons (Fsp3) is 0. The van der Waals surface area contributed by atoms with E-state index in [-0.39, 0.29) is 0 Å². The number of rotatable bonds is 4. The lowest BCUT2D eigenvalue weighted by Crippen LogP contribution is -1.91. The van der Waals surface area contributed by atoms with Crippen LogP contribution in [0.15, 0.2) is 168 Å². The van der Waals surface area contributed by atoms with E-state index in [1.807, 2.05) is 30.6 Å². The van der Waals surface area contributed by atoms with Gasteiger partial charge in [-0.3, -0.25) is 4.98 Å². The Morgan fingerprint density at radius 1 is 0.378 bits per heavy atom. The molecule has 0 unspecified atom stereocenters. The van der Waals surface area contributed by atoms with E-state index in [0.717, 1.165) is 44.2 Å². The van der Waals surface area contributed by atoms with Crippen LogP contribution in [0.1, 0.15) is 0 Å². The van der Waals surface area contributed by atoms with Crippen LogP contribution in [-0.2, 0) is 0 Å². The standard InChI is InChI=1S/C43H27NO/c1-3-16-37-35(14-1)41(29-23-21-28(22-24-29)32-12-9-25-44-27-32)36-15-2-4-17-38(36)42(37)31-11-7-10-30(26-31)33-18-8-19-39-34-13-5-6-20-40(34)45-43(33)39/h1-27H. The Kier molecular flexibility index (Phi) is 5.85. The van der Waals surface area contributed by atoms with Crippen molar-refractivity contribution in [1.29, 1.82) is 0 Å². The first kappa shape index (κ1) is 25.5. The molecule has 2 heteroatoms. The Labute approximate surface area is 260 Å². The van der Waals surface area contributed by atoms with Crippen LogP contribution in [0.4, 0.5) is 0 Å². The molecule has 0 aliphatic heterocycles. The van der Waals surface area contributed by atoms with Crippen LogP contribution in [0, 0.1) is 0 Å². The third-order valence-electron chi connectivity index (χ3n) is 8.97. The molecule has 2 nitrogen and oxygen atoms in total. The fourth-order valence-electron chi connectivity index (χ4n) is 6.93. The summed E-state index contributed by atoms with van der Waals surface area (Å²) < 4.78 is 6.42. The molecular weight excluding hydrogens is 546 g/mol. The molecule has 0 amide bonds. The Balaban J connectivity index is 1.25. The van der Waals surface area contributed by atoms with E-state index in [1.165, 1.54) is 43.8 Å². The second-order valence-electron chi connectivity index (χ2n) is 11.5. The SMILES string of the molecule is c1cncc(-c2ccc(-c3c4ccccc4c(-c4cccc(-c5cccc6c5oc5ccccc56)c4)c4ccccc34)cc2)c1. The largest absolute Gasteiger partial charge is 0.455 e. The van der Waals surface area contributed by atoms with E-state index in [1.54, 1.807) is 0 Å². The summed E-state index contributed by atoms with van der Waals surface area (Å²) in [6.45, 7) is 0. The molecule has 210 valence electrons. The van der Waals surface area contributed by atoms with E-state index >= 15 is 0 Å². The molecule has 7 aromatic carbocycles. The third kappa shape index (κ3) is 4.15. The van der Waals surface area contributed by atoms with Gasteiger partial charge in [-0.2, -0.15) is 0 Å². The normalized spacial score (nSPS) is 11.6. The fourth-order valence-corrected chi connectivity index (χ4v) is 6.93. The maximum Gasteiger partial charge on any atom is 0.143 e. The Bertz CT molecular complexity index is 2470. The van der Waals surface area contributed by atoms with Gasteiger partial charge in [0.15, 0.2) is 0 Å². The summed E-state index contributed by atoms with van der Waals surface area (Å²) in [5, 5.41) is 7.24. The van der Waals surface area contributed by atoms with Gasteiger partial charge in [0.05, 0.1) is 0 Å². The van der Waals surface area contributed by atoms with Crippen LogP contribution in [0.2, 0.25) is 0 Å². The molecule has 0 radical (unpaired) electrons. The highest BCUT2D eigenvalue weighted by Crippen LogP contribution is 2.45. The van der Waals surface area contributed by atoms with E-state index in [0.29, 0.717) is 0 Å². The highest BCUT2D eigenvalue weighted by atomic mass is 16.3. The molecule has 45 heavy (non-hydrogen) atoms. The molecule has 0 aliphatic rings. The molecule has 0 saturated heterocycles. The van der Waals surface area contributed by atoms with Crippen molar-refractivity contribution in [3.63, 3.8) is 0 Å². The predicted molar refractivity (Wildman–Crippen MR) is 188 cm³/mol. The smallest absolute Gasteiger partial charge is 0.143 e. The van der Waals surface area contributed by atoms with Gasteiger partial charge in [0.25, 0.3) is 0 Å². The number of benzene rings is 7. The third-order valence-corrected chi connectivity index (χ3v) is 8.97. The Morgan fingerprint density at radius 3 is 1.62 bits per heavy atom. The van der Waals surface area contributed by atoms with E-state index < -0.39 is 0 Å². The van der Waals surface area contributed by atoms with Crippen LogP contribution in [-0.4, -0.2) is 4.98 Å². The number of aromatic nitrogens is 1. The minimum absolute atomic E-state index is 0.914. The van der Waals surface area contributed by atoms with Gasteiger partial charge in [-0.15, -0.1) is 0 Å². The molecule has 0 spiro atoms. The number of nitrogens with zero attached hydrogens (tertiary/aromatic N) is 1. The number of hydrogen-bond acceptors (Lipinski definition) is 2. The minimum atomic E-state index is 0.914. The van der Waals surface area contributed by atoms with Crippen molar-refractivity contribution in [3.8, 4) is 44.5 Å². The first-order chi connectivity index (χ1) is 22.3. The number of furan rings is 1. The molecule has 9 aromatic rings. The highest BCUT2D eigenvalue weighted by Gasteiger charge is 2.18. The van der Waals surface area contributed by atoms with Gasteiger partial charge in [-0.1, -0.05) is 133 Å². The first-order valence-corrected chi connectivity index (χ1v) is 15.3. The zero-order valence-electron chi connectivity index (χ0n) is 24.4. The molecule has 2 heterocycles. The van der Waals surface area contributed by atoms with Crippen molar-refractivity contribution < 1.29 is 4.42 Å². The summed E-state index contributed by atoms with van der Waals surface area (Å²) in [7, 11) is 0. The molecule has 0 saturated carbocycles. The van der Waals surface area contributed by atoms with Crippen molar-refractivity contribution in [3.05, 3.63) is 164 Å². The maximum atomic E-state index is 6.42. The molecule has 0 atom stereocenters. The maximum absolute atomic E-state index is 6.42. The molecule has 0 N–H and O–H groups in total. The van der Waals surface area contributed by atoms with Gasteiger partial charge in [0.1, 0.15) is 11.2 Å². The van der Waals surface area contributed by atoms with Gasteiger partial charge in [-0.25, -0.2) is 0 Å². The van der Waals surface area contributed by atoms with Crippen LogP contribution < -0.4 is 0 Å². The molecule has 9 rings (SSSR count). The topological polar surface area (TPSA) is 26.0 Å². The zero-order valence-corrected chi connectivity index (χ0v) is 24.4. The Morgan fingerprint density at radius 2 is 0.933 bits per heavy atom. The molecular formula is C43H27NO. The van der Waals surface area contributed by atoms with Crippen molar-refractivity contribution >= 4 is 43.5 Å². The van der Waals surface area contributed by atoms with E-state index in [4.69, 9.17) is 4.42 Å². The van der Waals surface area contributed by atoms with Crippen molar-refractivity contribution in [2.45, 2.75) is 0 Å². The predicted octanol–water partition coefficient (Wildman–Crippen LogP) is 12.0. The van der Waals surface area contributed by atoms with Crippen molar-refractivity contribution in [2.75, 3.05) is 0 Å². The lowest BCUT2D eigenvalue weighted by atomic mass is 9.85. The Hall–Kier alpha value is -5.99. The lowest BCUT2D eigenvalue weighted by molar-refractivity contribution is 0.670. The number of pyridine rings is 1.